The van der Waals surface area contributed by atoms with Gasteiger partial charge in [-0.05, 0) is 50.7 Å². The molecule has 0 spiro atoms. The first-order valence-corrected chi connectivity index (χ1v) is 11.7. The summed E-state index contributed by atoms with van der Waals surface area (Å²) in [5, 5.41) is 3.01. The minimum Gasteiger partial charge on any atom is -0.486 e. The zero-order valence-corrected chi connectivity index (χ0v) is 18.7. The zero-order chi connectivity index (χ0) is 21.9. The van der Waals surface area contributed by atoms with E-state index in [0.717, 1.165) is 70.0 Å². The molecule has 32 heavy (non-hydrogen) atoms. The highest BCUT2D eigenvalue weighted by atomic mass is 16.6. The number of hydrogen-bond donors (Lipinski definition) is 1. The summed E-state index contributed by atoms with van der Waals surface area (Å²) >= 11 is 0. The van der Waals surface area contributed by atoms with Crippen molar-refractivity contribution in [2.45, 2.75) is 45.1 Å². The number of nitrogens with one attached hydrogen (secondary N) is 1. The Balaban J connectivity index is 1.15. The first-order valence-electron chi connectivity index (χ1n) is 11.7. The van der Waals surface area contributed by atoms with Gasteiger partial charge in [0, 0.05) is 62.4 Å². The van der Waals surface area contributed by atoms with E-state index in [2.05, 4.69) is 16.8 Å². The Bertz CT molecular complexity index is 945. The summed E-state index contributed by atoms with van der Waals surface area (Å²) in [7, 11) is 0. The van der Waals surface area contributed by atoms with Crippen LogP contribution < -0.4 is 14.8 Å². The summed E-state index contributed by atoms with van der Waals surface area (Å²) in [5.74, 6) is 3.67. The first kappa shape index (κ1) is 21.1. The first-order chi connectivity index (χ1) is 15.7. The molecule has 8 heteroatoms. The second-order valence-electron chi connectivity index (χ2n) is 8.97. The van der Waals surface area contributed by atoms with E-state index in [0.29, 0.717) is 30.8 Å². The zero-order valence-electron chi connectivity index (χ0n) is 18.7. The predicted octanol–water partition coefficient (Wildman–Crippen LogP) is 3.80. The molecule has 172 valence electrons. The molecule has 2 aromatic rings. The number of benzene rings is 1. The van der Waals surface area contributed by atoms with E-state index in [-0.39, 0.29) is 6.03 Å². The van der Waals surface area contributed by atoms with Crippen molar-refractivity contribution in [3.8, 4) is 11.5 Å². The molecule has 1 N–H and O–H groups in total. The van der Waals surface area contributed by atoms with E-state index in [4.69, 9.17) is 19.2 Å². The van der Waals surface area contributed by atoms with Crippen LogP contribution in [0, 0.1) is 12.8 Å². The van der Waals surface area contributed by atoms with Crippen LogP contribution in [0.5, 0.6) is 11.5 Å². The van der Waals surface area contributed by atoms with E-state index in [9.17, 15) is 4.79 Å². The lowest BCUT2D eigenvalue weighted by Gasteiger charge is -2.33. The molecule has 0 aliphatic carbocycles. The highest BCUT2D eigenvalue weighted by Crippen LogP contribution is 2.33. The van der Waals surface area contributed by atoms with Crippen LogP contribution in [0.4, 0.5) is 10.5 Å². The molecule has 8 nitrogen and oxygen atoms in total. The number of carbonyl (C=O) groups excluding carboxylic acids is 1. The standard InChI is InChI=1S/C24H32N4O4/c1-17-15-25-23(19-6-10-30-11-7-19)28(17)16-18-4-8-27(9-5-18)24(29)26-20-2-3-21-22(14-20)32-13-12-31-21/h2-3,14-15,18-19H,4-13,16H2,1H3,(H,26,29). The lowest BCUT2D eigenvalue weighted by molar-refractivity contribution is 0.0823. The number of nitrogens with zero attached hydrogens (tertiary/aromatic N) is 3. The third kappa shape index (κ3) is 4.55. The summed E-state index contributed by atoms with van der Waals surface area (Å²) in [6.45, 7) is 7.40. The largest absolute Gasteiger partial charge is 0.486 e. The Labute approximate surface area is 188 Å². The lowest BCUT2D eigenvalue weighted by atomic mass is 9.95. The van der Waals surface area contributed by atoms with Crippen molar-refractivity contribution in [3.63, 3.8) is 0 Å². The number of fused-ring (bicyclic) bond motifs is 1. The van der Waals surface area contributed by atoms with Crippen LogP contribution in [0.3, 0.4) is 0 Å². The molecule has 0 radical (unpaired) electrons. The number of aromatic nitrogens is 2. The molecule has 2 fully saturated rings. The molecule has 5 rings (SSSR count). The van der Waals surface area contributed by atoms with Gasteiger partial charge < -0.3 is 29.0 Å². The maximum absolute atomic E-state index is 12.8. The second kappa shape index (κ2) is 9.40. The van der Waals surface area contributed by atoms with Gasteiger partial charge in [-0.25, -0.2) is 9.78 Å². The van der Waals surface area contributed by atoms with Crippen LogP contribution in [-0.2, 0) is 11.3 Å². The van der Waals surface area contributed by atoms with Crippen molar-refractivity contribution in [3.05, 3.63) is 35.9 Å². The molecule has 3 aliphatic heterocycles. The summed E-state index contributed by atoms with van der Waals surface area (Å²) in [6, 6.07) is 5.48. The van der Waals surface area contributed by atoms with Crippen molar-refractivity contribution >= 4 is 11.7 Å². The summed E-state index contributed by atoms with van der Waals surface area (Å²) in [4.78, 5) is 19.4. The minimum absolute atomic E-state index is 0.0539. The molecule has 3 aliphatic rings. The second-order valence-corrected chi connectivity index (χ2v) is 8.97. The van der Waals surface area contributed by atoms with Crippen LogP contribution in [0.25, 0.3) is 0 Å². The third-order valence-corrected chi connectivity index (χ3v) is 6.81. The van der Waals surface area contributed by atoms with Crippen molar-refractivity contribution in [1.29, 1.82) is 0 Å². The fourth-order valence-electron chi connectivity index (χ4n) is 4.90. The number of piperidine rings is 1. The maximum atomic E-state index is 12.8. The van der Waals surface area contributed by atoms with Crippen molar-refractivity contribution in [2.24, 2.45) is 5.92 Å². The van der Waals surface area contributed by atoms with Gasteiger partial charge in [-0.2, -0.15) is 0 Å². The van der Waals surface area contributed by atoms with Gasteiger partial charge in [0.25, 0.3) is 0 Å². The topological polar surface area (TPSA) is 77.9 Å². The SMILES string of the molecule is Cc1cnc(C2CCOCC2)n1CC1CCN(C(=O)Nc2ccc3c(c2)OCCO3)CC1. The fourth-order valence-corrected chi connectivity index (χ4v) is 4.90. The maximum Gasteiger partial charge on any atom is 0.321 e. The number of ether oxygens (including phenoxy) is 3. The van der Waals surface area contributed by atoms with Gasteiger partial charge in [0.1, 0.15) is 19.0 Å². The van der Waals surface area contributed by atoms with Gasteiger partial charge in [-0.15, -0.1) is 0 Å². The Morgan fingerprint density at radius 3 is 2.59 bits per heavy atom. The number of rotatable bonds is 4. The van der Waals surface area contributed by atoms with Gasteiger partial charge in [0.15, 0.2) is 11.5 Å². The van der Waals surface area contributed by atoms with E-state index in [1.165, 1.54) is 11.5 Å². The quantitative estimate of drug-likeness (QED) is 0.783. The van der Waals surface area contributed by atoms with Crippen LogP contribution >= 0.6 is 0 Å². The molecule has 4 heterocycles. The van der Waals surface area contributed by atoms with Crippen LogP contribution in [-0.4, -0.2) is 60.0 Å². The monoisotopic (exact) mass is 440 g/mol. The van der Waals surface area contributed by atoms with Crippen molar-refractivity contribution in [2.75, 3.05) is 44.8 Å². The summed E-state index contributed by atoms with van der Waals surface area (Å²) in [6.07, 6.45) is 6.10. The fraction of sp³-hybridized carbons (Fsp3) is 0.583. The average molecular weight is 441 g/mol. The number of imidazole rings is 1. The van der Waals surface area contributed by atoms with Gasteiger partial charge in [-0.3, -0.25) is 0 Å². The van der Waals surface area contributed by atoms with Gasteiger partial charge in [0.05, 0.1) is 0 Å². The highest BCUT2D eigenvalue weighted by Gasteiger charge is 2.27. The van der Waals surface area contributed by atoms with Gasteiger partial charge in [0.2, 0.25) is 0 Å². The number of carbonyl (C=O) groups is 1. The van der Waals surface area contributed by atoms with Crippen molar-refractivity contribution < 1.29 is 19.0 Å². The lowest BCUT2D eigenvalue weighted by Crippen LogP contribution is -2.41. The number of urea groups is 1. The van der Waals surface area contributed by atoms with E-state index >= 15 is 0 Å². The van der Waals surface area contributed by atoms with Gasteiger partial charge in [-0.1, -0.05) is 0 Å². The number of anilines is 1. The molecule has 0 unspecified atom stereocenters. The number of amides is 2. The molecule has 1 aromatic carbocycles. The van der Waals surface area contributed by atoms with E-state index in [1.807, 2.05) is 29.3 Å². The number of hydrogen-bond acceptors (Lipinski definition) is 5. The molecule has 1 aromatic heterocycles. The Hall–Kier alpha value is -2.74. The molecule has 0 saturated carbocycles. The Morgan fingerprint density at radius 1 is 1.06 bits per heavy atom. The number of aryl methyl sites for hydroxylation is 1. The number of likely N-dealkylation sites (tertiary alicyclic amines) is 1. The van der Waals surface area contributed by atoms with Crippen LogP contribution in [0.2, 0.25) is 0 Å². The Kier molecular flexibility index (Phi) is 6.21. The third-order valence-electron chi connectivity index (χ3n) is 6.81. The molecular formula is C24H32N4O4. The minimum atomic E-state index is -0.0539. The molecule has 0 bridgehead atoms. The summed E-state index contributed by atoms with van der Waals surface area (Å²) in [5.41, 5.74) is 1.96. The summed E-state index contributed by atoms with van der Waals surface area (Å²) < 4.78 is 19.1. The van der Waals surface area contributed by atoms with Gasteiger partial charge >= 0.3 is 6.03 Å². The molecule has 2 saturated heterocycles. The highest BCUT2D eigenvalue weighted by molar-refractivity contribution is 5.89. The Morgan fingerprint density at radius 2 is 1.81 bits per heavy atom. The predicted molar refractivity (Wildman–Crippen MR) is 121 cm³/mol. The van der Waals surface area contributed by atoms with Crippen LogP contribution in [0.15, 0.2) is 24.4 Å². The van der Waals surface area contributed by atoms with Crippen molar-refractivity contribution in [1.82, 2.24) is 14.5 Å². The van der Waals surface area contributed by atoms with E-state index in [1.54, 1.807) is 0 Å². The van der Waals surface area contributed by atoms with E-state index < -0.39 is 0 Å². The normalized spacial score (nSPS) is 19.7. The molecule has 2 amide bonds. The van der Waals surface area contributed by atoms with Crippen LogP contribution in [0.1, 0.15) is 43.1 Å². The average Bonchev–Trinajstić information content (AvgIpc) is 3.20. The smallest absolute Gasteiger partial charge is 0.321 e. The molecule has 0 atom stereocenters. The molecular weight excluding hydrogens is 408 g/mol.